The van der Waals surface area contributed by atoms with Crippen LogP contribution in [0, 0.1) is 23.7 Å². The van der Waals surface area contributed by atoms with Crippen molar-refractivity contribution in [1.82, 2.24) is 0 Å². The van der Waals surface area contributed by atoms with Crippen molar-refractivity contribution in [2.24, 2.45) is 23.7 Å². The highest BCUT2D eigenvalue weighted by molar-refractivity contribution is 7.47. The number of aliphatic hydroxyl groups is 1. The van der Waals surface area contributed by atoms with Gasteiger partial charge in [0.25, 0.3) is 0 Å². The van der Waals surface area contributed by atoms with Gasteiger partial charge in [-0.1, -0.05) is 312 Å². The third-order valence-corrected chi connectivity index (χ3v) is 19.1. The number of carbonyl (C=O) groups is 4. The lowest BCUT2D eigenvalue weighted by molar-refractivity contribution is -0.161. The van der Waals surface area contributed by atoms with E-state index in [0.717, 1.165) is 114 Å². The maximum absolute atomic E-state index is 13.0. The molecule has 0 spiro atoms. The summed E-state index contributed by atoms with van der Waals surface area (Å²) < 4.78 is 68.4. The van der Waals surface area contributed by atoms with E-state index in [-0.39, 0.29) is 25.7 Å². The number of unbranched alkanes of at least 4 members (excludes halogenated alkanes) is 35. The minimum atomic E-state index is -4.95. The fourth-order valence-electron chi connectivity index (χ4n) is 11.0. The van der Waals surface area contributed by atoms with Crippen LogP contribution in [-0.4, -0.2) is 96.7 Å². The molecule has 0 rings (SSSR count). The molecule has 0 fully saturated rings. The molecule has 6 atom stereocenters. The van der Waals surface area contributed by atoms with E-state index in [1.165, 1.54) is 161 Å². The molecule has 19 heteroatoms. The molecule has 0 heterocycles. The average Bonchev–Trinajstić information content (AvgIpc) is 1.72. The molecule has 546 valence electrons. The lowest BCUT2D eigenvalue weighted by Gasteiger charge is -2.21. The van der Waals surface area contributed by atoms with E-state index in [2.05, 4.69) is 55.4 Å². The number of carbonyl (C=O) groups excluding carboxylic acids is 4. The number of phosphoric acid groups is 2. The van der Waals surface area contributed by atoms with Gasteiger partial charge in [0, 0.05) is 25.7 Å². The molecule has 0 aromatic rings. The van der Waals surface area contributed by atoms with Crippen molar-refractivity contribution in [3.05, 3.63) is 0 Å². The van der Waals surface area contributed by atoms with Crippen LogP contribution >= 0.6 is 15.6 Å². The molecule has 0 aliphatic rings. The maximum atomic E-state index is 13.0. The van der Waals surface area contributed by atoms with Gasteiger partial charge in [0.1, 0.15) is 19.3 Å². The highest BCUT2D eigenvalue weighted by atomic mass is 31.2. The van der Waals surface area contributed by atoms with Crippen LogP contribution in [0.4, 0.5) is 0 Å². The Morgan fingerprint density at radius 2 is 0.522 bits per heavy atom. The second-order valence-electron chi connectivity index (χ2n) is 28.0. The van der Waals surface area contributed by atoms with Crippen molar-refractivity contribution >= 4 is 39.5 Å². The predicted octanol–water partition coefficient (Wildman–Crippen LogP) is 20.9. The van der Waals surface area contributed by atoms with E-state index in [9.17, 15) is 43.2 Å². The predicted molar refractivity (Wildman–Crippen MR) is 372 cm³/mol. The van der Waals surface area contributed by atoms with Gasteiger partial charge in [-0.2, -0.15) is 0 Å². The zero-order valence-electron chi connectivity index (χ0n) is 60.2. The molecule has 17 nitrogen and oxygen atoms in total. The Labute approximate surface area is 562 Å². The van der Waals surface area contributed by atoms with Crippen LogP contribution in [0.3, 0.4) is 0 Å². The van der Waals surface area contributed by atoms with Crippen molar-refractivity contribution in [2.45, 2.75) is 382 Å². The first-order valence-electron chi connectivity index (χ1n) is 37.7. The van der Waals surface area contributed by atoms with Gasteiger partial charge >= 0.3 is 39.5 Å². The highest BCUT2D eigenvalue weighted by Gasteiger charge is 2.30. The minimum Gasteiger partial charge on any atom is -0.462 e. The summed E-state index contributed by atoms with van der Waals surface area (Å²) in [7, 11) is -9.91. The van der Waals surface area contributed by atoms with Gasteiger partial charge in [0.2, 0.25) is 0 Å². The zero-order valence-corrected chi connectivity index (χ0v) is 62.0. The van der Waals surface area contributed by atoms with Crippen molar-refractivity contribution < 1.29 is 80.2 Å². The quantitative estimate of drug-likeness (QED) is 0.0222. The normalized spacial score (nSPS) is 14.5. The van der Waals surface area contributed by atoms with Crippen LogP contribution in [0.1, 0.15) is 364 Å². The summed E-state index contributed by atoms with van der Waals surface area (Å²) in [6, 6.07) is 0. The lowest BCUT2D eigenvalue weighted by atomic mass is 9.99. The van der Waals surface area contributed by atoms with E-state index < -0.39 is 97.5 Å². The summed E-state index contributed by atoms with van der Waals surface area (Å²) in [5.41, 5.74) is 0. The average molecular weight is 1350 g/mol. The number of aliphatic hydroxyl groups excluding tert-OH is 1. The first-order valence-corrected chi connectivity index (χ1v) is 40.7. The Balaban J connectivity index is 5.25. The molecule has 4 unspecified atom stereocenters. The first-order chi connectivity index (χ1) is 44.1. The minimum absolute atomic E-state index is 0.105. The number of phosphoric ester groups is 2. The van der Waals surface area contributed by atoms with Crippen LogP contribution in [-0.2, 0) is 65.4 Å². The van der Waals surface area contributed by atoms with Gasteiger partial charge in [0.15, 0.2) is 12.2 Å². The van der Waals surface area contributed by atoms with Crippen LogP contribution in [0.25, 0.3) is 0 Å². The van der Waals surface area contributed by atoms with E-state index in [0.29, 0.717) is 31.6 Å². The molecule has 0 aliphatic heterocycles. The SMILES string of the molecule is CCC(C)CCCCCCCCCCC(=O)O[C@H](COC(=O)CCCCCCCCCCCCCCCC(C)C)COP(=O)(O)OCC(O)COP(=O)(O)OC[C@@H](COC(=O)CCCCCCCCCC(C)C)OC(=O)CCCCCCCCCCCCCC(C)C. The largest absolute Gasteiger partial charge is 0.472 e. The maximum Gasteiger partial charge on any atom is 0.472 e. The van der Waals surface area contributed by atoms with Gasteiger partial charge < -0.3 is 33.8 Å². The molecule has 0 aliphatic carbocycles. The Hall–Kier alpha value is -1.94. The van der Waals surface area contributed by atoms with Crippen LogP contribution in [0.2, 0.25) is 0 Å². The Morgan fingerprint density at radius 1 is 0.304 bits per heavy atom. The van der Waals surface area contributed by atoms with Gasteiger partial charge in [-0.15, -0.1) is 0 Å². The second kappa shape index (κ2) is 62.6. The number of hydrogen-bond acceptors (Lipinski definition) is 15. The number of hydrogen-bond donors (Lipinski definition) is 3. The van der Waals surface area contributed by atoms with Crippen molar-refractivity contribution in [3.63, 3.8) is 0 Å². The Bertz CT molecular complexity index is 1820. The molecule has 0 aromatic heterocycles. The molecule has 0 bridgehead atoms. The molecule has 0 radical (unpaired) electrons. The Morgan fingerprint density at radius 3 is 0.772 bits per heavy atom. The van der Waals surface area contributed by atoms with Gasteiger partial charge in [-0.05, 0) is 49.4 Å². The smallest absolute Gasteiger partial charge is 0.462 e. The third kappa shape index (κ3) is 65.4. The molecule has 0 aromatic carbocycles. The fourth-order valence-corrected chi connectivity index (χ4v) is 12.6. The molecule has 3 N–H and O–H groups in total. The summed E-state index contributed by atoms with van der Waals surface area (Å²) >= 11 is 0. The van der Waals surface area contributed by atoms with E-state index >= 15 is 0 Å². The molecule has 0 amide bonds. The van der Waals surface area contributed by atoms with Crippen LogP contribution < -0.4 is 0 Å². The van der Waals surface area contributed by atoms with Gasteiger partial charge in [0.05, 0.1) is 26.4 Å². The Kier molecular flexibility index (Phi) is 61.3. The van der Waals surface area contributed by atoms with E-state index in [4.69, 9.17) is 37.0 Å². The monoisotopic (exact) mass is 1350 g/mol. The van der Waals surface area contributed by atoms with Crippen LogP contribution in [0.15, 0.2) is 0 Å². The standard InChI is InChI=1S/C73H142O17P2/c1-9-66(8)52-44-36-28-22-23-31-40-48-56-73(78)90-68(59-83-70(75)53-45-37-29-20-16-12-10-11-14-18-25-33-41-49-63(2)3)61-87-91(79,80)85-57-67(74)58-86-92(81,82)88-62-69(60-84-71(76)54-46-38-32-24-27-35-43-51-65(6)7)89-72(77)55-47-39-30-21-17-13-15-19-26-34-42-50-64(4)5/h63-69,74H,9-62H2,1-8H3,(H,79,80)(H,81,82)/t66?,67?,68-,69-/m1/s1. The summed E-state index contributed by atoms with van der Waals surface area (Å²) in [5, 5.41) is 10.6. The highest BCUT2D eigenvalue weighted by Crippen LogP contribution is 2.45. The topological polar surface area (TPSA) is 237 Å². The lowest BCUT2D eigenvalue weighted by Crippen LogP contribution is -2.30. The number of ether oxygens (including phenoxy) is 4. The zero-order chi connectivity index (χ0) is 68.2. The molecular formula is C73H142O17P2. The summed E-state index contributed by atoms with van der Waals surface area (Å²) in [5.74, 6) is 0.904. The first kappa shape index (κ1) is 90.1. The fraction of sp³-hybridized carbons (Fsp3) is 0.945. The number of rotatable bonds is 70. The summed E-state index contributed by atoms with van der Waals surface area (Å²) in [6.07, 6.45) is 45.8. The van der Waals surface area contributed by atoms with Gasteiger partial charge in [-0.3, -0.25) is 37.3 Å². The van der Waals surface area contributed by atoms with Crippen molar-refractivity contribution in [3.8, 4) is 0 Å². The third-order valence-electron chi connectivity index (χ3n) is 17.2. The molecular weight excluding hydrogens is 1210 g/mol. The van der Waals surface area contributed by atoms with E-state index in [1.54, 1.807) is 0 Å². The van der Waals surface area contributed by atoms with Crippen LogP contribution in [0.5, 0.6) is 0 Å². The molecule has 0 saturated heterocycles. The van der Waals surface area contributed by atoms with Crippen molar-refractivity contribution in [2.75, 3.05) is 39.6 Å². The second-order valence-corrected chi connectivity index (χ2v) is 30.9. The molecule has 0 saturated carbocycles. The summed E-state index contributed by atoms with van der Waals surface area (Å²) in [4.78, 5) is 72.7. The molecule has 92 heavy (non-hydrogen) atoms. The van der Waals surface area contributed by atoms with Gasteiger partial charge in [-0.25, -0.2) is 9.13 Å². The summed E-state index contributed by atoms with van der Waals surface area (Å²) in [6.45, 7) is 14.1. The number of esters is 4. The van der Waals surface area contributed by atoms with E-state index in [1.807, 2.05) is 0 Å². The van der Waals surface area contributed by atoms with Crippen molar-refractivity contribution in [1.29, 1.82) is 0 Å².